The van der Waals surface area contributed by atoms with Gasteiger partial charge in [-0.3, -0.25) is 4.79 Å². The number of fused-ring (bicyclic) bond motifs is 1. The van der Waals surface area contributed by atoms with E-state index in [2.05, 4.69) is 28.3 Å². The Morgan fingerprint density at radius 1 is 1.34 bits per heavy atom. The summed E-state index contributed by atoms with van der Waals surface area (Å²) in [6.07, 6.45) is 3.63. The number of hydrogen-bond acceptors (Lipinski definition) is 6. The number of aromatic nitrogens is 2. The van der Waals surface area contributed by atoms with Crippen LogP contribution in [-0.2, 0) is 9.53 Å². The van der Waals surface area contributed by atoms with Gasteiger partial charge in [-0.15, -0.1) is 0 Å². The van der Waals surface area contributed by atoms with Gasteiger partial charge in [0, 0.05) is 32.7 Å². The summed E-state index contributed by atoms with van der Waals surface area (Å²) in [7, 11) is 0. The fraction of sp³-hybridized carbons (Fsp3) is 0.571. The largest absolute Gasteiger partial charge is 0.370 e. The highest BCUT2D eigenvalue weighted by atomic mass is 16.5. The van der Waals surface area contributed by atoms with Crippen LogP contribution >= 0.6 is 0 Å². The molecule has 3 aliphatic heterocycles. The van der Waals surface area contributed by atoms with Crippen molar-refractivity contribution in [3.8, 4) is 6.07 Å². The number of carbonyl (C=O) groups excluding carboxylic acids is 1. The average molecular weight is 394 g/mol. The summed E-state index contributed by atoms with van der Waals surface area (Å²) in [4.78, 5) is 17.3. The Kier molecular flexibility index (Phi) is 4.45. The summed E-state index contributed by atoms with van der Waals surface area (Å²) in [5.74, 6) is 0.285. The van der Waals surface area contributed by atoms with Crippen molar-refractivity contribution in [2.75, 3.05) is 44.2 Å². The Morgan fingerprint density at radius 2 is 2.24 bits per heavy atom. The van der Waals surface area contributed by atoms with Gasteiger partial charge in [0.2, 0.25) is 5.91 Å². The van der Waals surface area contributed by atoms with Crippen molar-refractivity contribution in [1.82, 2.24) is 19.8 Å². The van der Waals surface area contributed by atoms with Crippen LogP contribution in [-0.4, -0.2) is 71.9 Å². The summed E-state index contributed by atoms with van der Waals surface area (Å²) in [6.45, 7) is 6.75. The lowest BCUT2D eigenvalue weighted by atomic mass is 9.86. The Hall–Kier alpha value is -2.63. The van der Waals surface area contributed by atoms with Crippen LogP contribution in [0.15, 0.2) is 24.4 Å². The van der Waals surface area contributed by atoms with Crippen molar-refractivity contribution < 1.29 is 9.53 Å². The van der Waals surface area contributed by atoms with Gasteiger partial charge in [-0.2, -0.15) is 10.4 Å². The number of amides is 1. The number of ether oxygens (including phenoxy) is 1. The predicted molar refractivity (Wildman–Crippen MR) is 108 cm³/mol. The number of rotatable bonds is 3. The molecule has 1 unspecified atom stereocenters. The first-order chi connectivity index (χ1) is 14.1. The van der Waals surface area contributed by atoms with Gasteiger partial charge >= 0.3 is 0 Å². The highest BCUT2D eigenvalue weighted by Crippen LogP contribution is 2.37. The van der Waals surface area contributed by atoms with Gasteiger partial charge in [-0.25, -0.2) is 4.52 Å². The molecule has 0 aromatic carbocycles. The minimum Gasteiger partial charge on any atom is -0.370 e. The average Bonchev–Trinajstić information content (AvgIpc) is 3.45. The topological polar surface area (TPSA) is 85.9 Å². The van der Waals surface area contributed by atoms with Crippen molar-refractivity contribution in [2.45, 2.75) is 32.0 Å². The quantitative estimate of drug-likeness (QED) is 0.836. The third-order valence-electron chi connectivity index (χ3n) is 6.58. The molecular formula is C21H26N6O2. The maximum Gasteiger partial charge on any atom is 0.230 e. The lowest BCUT2D eigenvalue weighted by Gasteiger charge is -2.39. The van der Waals surface area contributed by atoms with Crippen LogP contribution < -0.4 is 10.2 Å². The Bertz CT molecular complexity index is 973. The molecule has 5 heterocycles. The predicted octanol–water partition coefficient (Wildman–Crippen LogP) is 1.01. The first-order valence-electron chi connectivity index (χ1n) is 10.4. The van der Waals surface area contributed by atoms with Gasteiger partial charge in [-0.05, 0) is 44.5 Å². The molecule has 8 heteroatoms. The molecule has 8 nitrogen and oxygen atoms in total. The van der Waals surface area contributed by atoms with Gasteiger partial charge in [0.25, 0.3) is 0 Å². The zero-order chi connectivity index (χ0) is 20.0. The molecule has 152 valence electrons. The monoisotopic (exact) mass is 394 g/mol. The van der Waals surface area contributed by atoms with Crippen LogP contribution in [0.25, 0.3) is 5.52 Å². The molecule has 1 amide bonds. The molecule has 1 spiro atoms. The van der Waals surface area contributed by atoms with Crippen LogP contribution in [0.4, 0.5) is 5.69 Å². The highest BCUT2D eigenvalue weighted by Gasteiger charge is 2.48. The SMILES string of the molecule is C[C@@H]1CN(c2ccc(C#N)n3nccc23)C[C@H](CN2CCC3(CCNC3)C2=O)O1. The van der Waals surface area contributed by atoms with Gasteiger partial charge in [-0.1, -0.05) is 0 Å². The second kappa shape index (κ2) is 7.01. The van der Waals surface area contributed by atoms with Crippen molar-refractivity contribution in [3.63, 3.8) is 0 Å². The van der Waals surface area contributed by atoms with Crippen LogP contribution in [0.1, 0.15) is 25.5 Å². The summed E-state index contributed by atoms with van der Waals surface area (Å²) >= 11 is 0. The van der Waals surface area contributed by atoms with Crippen molar-refractivity contribution in [1.29, 1.82) is 5.26 Å². The summed E-state index contributed by atoms with van der Waals surface area (Å²) < 4.78 is 7.90. The van der Waals surface area contributed by atoms with E-state index in [1.807, 2.05) is 23.1 Å². The zero-order valence-corrected chi connectivity index (χ0v) is 16.7. The highest BCUT2D eigenvalue weighted by molar-refractivity contribution is 5.85. The molecule has 29 heavy (non-hydrogen) atoms. The molecule has 3 fully saturated rings. The van der Waals surface area contributed by atoms with E-state index in [4.69, 9.17) is 4.74 Å². The third kappa shape index (κ3) is 3.05. The Labute approximate surface area is 170 Å². The van der Waals surface area contributed by atoms with E-state index >= 15 is 0 Å². The van der Waals surface area contributed by atoms with Crippen LogP contribution in [0.5, 0.6) is 0 Å². The Balaban J connectivity index is 1.35. The molecule has 5 rings (SSSR count). The molecule has 3 saturated heterocycles. The van der Waals surface area contributed by atoms with Gasteiger partial charge < -0.3 is 19.9 Å². The fourth-order valence-corrected chi connectivity index (χ4v) is 5.15. The van der Waals surface area contributed by atoms with Crippen molar-refractivity contribution in [2.24, 2.45) is 5.41 Å². The fourth-order valence-electron chi connectivity index (χ4n) is 5.15. The van der Waals surface area contributed by atoms with E-state index in [0.717, 1.165) is 50.2 Å². The normalized spacial score (nSPS) is 29.9. The van der Waals surface area contributed by atoms with Crippen molar-refractivity contribution >= 4 is 17.1 Å². The number of carbonyl (C=O) groups is 1. The number of anilines is 1. The number of pyridine rings is 1. The maximum absolute atomic E-state index is 13.0. The standard InChI is InChI=1S/C21H26N6O2/c1-15-11-26(18-3-2-16(10-22)27-19(18)4-7-24-27)13-17(29-15)12-25-9-6-21(20(25)28)5-8-23-14-21/h2-4,7,15,17,23H,5-6,8-9,11-14H2,1H3/t15-,17+,21?/m1/s1. The number of hydrogen-bond donors (Lipinski definition) is 1. The van der Waals surface area contributed by atoms with E-state index in [-0.39, 0.29) is 23.5 Å². The number of nitriles is 1. The summed E-state index contributed by atoms with van der Waals surface area (Å²) in [5.41, 5.74) is 2.30. The van der Waals surface area contributed by atoms with E-state index in [1.54, 1.807) is 10.7 Å². The number of likely N-dealkylation sites (tertiary alicyclic amines) is 1. The first-order valence-corrected chi connectivity index (χ1v) is 10.4. The lowest BCUT2D eigenvalue weighted by molar-refractivity contribution is -0.137. The molecule has 1 N–H and O–H groups in total. The molecule has 0 aliphatic carbocycles. The van der Waals surface area contributed by atoms with Crippen LogP contribution in [0.3, 0.4) is 0 Å². The van der Waals surface area contributed by atoms with E-state index < -0.39 is 0 Å². The van der Waals surface area contributed by atoms with Gasteiger partial charge in [0.05, 0.1) is 35.0 Å². The Morgan fingerprint density at radius 3 is 3.03 bits per heavy atom. The van der Waals surface area contributed by atoms with Gasteiger partial charge in [0.1, 0.15) is 11.8 Å². The smallest absolute Gasteiger partial charge is 0.230 e. The molecule has 2 aromatic rings. The molecule has 3 atom stereocenters. The lowest BCUT2D eigenvalue weighted by Crippen LogP contribution is -2.51. The minimum absolute atomic E-state index is 0.0363. The molecule has 0 saturated carbocycles. The first kappa shape index (κ1) is 18.4. The summed E-state index contributed by atoms with van der Waals surface area (Å²) in [6, 6.07) is 7.93. The number of nitrogens with zero attached hydrogens (tertiary/aromatic N) is 5. The summed E-state index contributed by atoms with van der Waals surface area (Å²) in [5, 5.41) is 17.0. The second-order valence-electron chi connectivity index (χ2n) is 8.53. The minimum atomic E-state index is -0.184. The van der Waals surface area contributed by atoms with E-state index in [9.17, 15) is 10.1 Å². The number of nitrogens with one attached hydrogen (secondary N) is 1. The van der Waals surface area contributed by atoms with Gasteiger partial charge in [0.15, 0.2) is 0 Å². The second-order valence-corrected chi connectivity index (χ2v) is 8.53. The zero-order valence-electron chi connectivity index (χ0n) is 16.7. The molecule has 0 radical (unpaired) electrons. The molecule has 0 bridgehead atoms. The molecule has 3 aliphatic rings. The molecular weight excluding hydrogens is 368 g/mol. The van der Waals surface area contributed by atoms with E-state index in [0.29, 0.717) is 18.8 Å². The molecule has 2 aromatic heterocycles. The third-order valence-corrected chi connectivity index (χ3v) is 6.58. The maximum atomic E-state index is 13.0. The van der Waals surface area contributed by atoms with Crippen molar-refractivity contribution in [3.05, 3.63) is 30.1 Å². The van der Waals surface area contributed by atoms with E-state index in [1.165, 1.54) is 0 Å². The van der Waals surface area contributed by atoms with Crippen LogP contribution in [0.2, 0.25) is 0 Å². The number of morpholine rings is 1. The van der Waals surface area contributed by atoms with Crippen LogP contribution in [0, 0.1) is 16.7 Å².